The summed E-state index contributed by atoms with van der Waals surface area (Å²) in [5.74, 6) is 1.20. The Kier molecular flexibility index (Phi) is 7.60. The number of rotatable bonds is 10. The van der Waals surface area contributed by atoms with Crippen LogP contribution in [0.2, 0.25) is 0 Å². The minimum atomic E-state index is -0.178. The fourth-order valence-electron chi connectivity index (χ4n) is 4.40. The van der Waals surface area contributed by atoms with E-state index in [2.05, 4.69) is 64.6 Å². The number of para-hydroxylation sites is 1. The quantitative estimate of drug-likeness (QED) is 0.333. The van der Waals surface area contributed by atoms with Gasteiger partial charge in [-0.1, -0.05) is 48.5 Å². The van der Waals surface area contributed by atoms with Gasteiger partial charge in [0.2, 0.25) is 5.75 Å². The van der Waals surface area contributed by atoms with Crippen LogP contribution in [0.3, 0.4) is 0 Å². The van der Waals surface area contributed by atoms with Crippen LogP contribution in [0.15, 0.2) is 72.9 Å². The molecule has 6 nitrogen and oxygen atoms in total. The zero-order valence-electron chi connectivity index (χ0n) is 20.7. The van der Waals surface area contributed by atoms with Gasteiger partial charge in [-0.3, -0.25) is 4.79 Å². The van der Waals surface area contributed by atoms with Crippen molar-refractivity contribution in [2.75, 3.05) is 21.3 Å². The molecule has 0 aliphatic carbocycles. The number of carbonyl (C=O) groups is 1. The van der Waals surface area contributed by atoms with Crippen LogP contribution >= 0.6 is 0 Å². The molecular weight excluding hydrogens is 440 g/mol. The predicted molar refractivity (Wildman–Crippen MR) is 139 cm³/mol. The molecule has 4 rings (SSSR count). The molecule has 0 fully saturated rings. The topological polar surface area (TPSA) is 61.7 Å². The number of carbonyl (C=O) groups excluding carboxylic acids is 1. The number of amides is 1. The highest BCUT2D eigenvalue weighted by molar-refractivity contribution is 5.95. The molecule has 4 aromatic rings. The number of methoxy groups -OCH3 is 3. The lowest BCUT2D eigenvalue weighted by Crippen LogP contribution is -2.32. The Morgan fingerprint density at radius 2 is 1.57 bits per heavy atom. The lowest BCUT2D eigenvalue weighted by atomic mass is 10.0. The van der Waals surface area contributed by atoms with Gasteiger partial charge >= 0.3 is 0 Å². The van der Waals surface area contributed by atoms with E-state index in [1.54, 1.807) is 19.2 Å². The number of nitrogens with zero attached hydrogens (tertiary/aromatic N) is 1. The van der Waals surface area contributed by atoms with Crippen molar-refractivity contribution in [1.82, 2.24) is 9.88 Å². The Morgan fingerprint density at radius 1 is 0.914 bits per heavy atom. The van der Waals surface area contributed by atoms with E-state index in [9.17, 15) is 4.79 Å². The highest BCUT2D eigenvalue weighted by Crippen LogP contribution is 2.38. The number of fused-ring (bicyclic) bond motifs is 1. The molecule has 0 aliphatic heterocycles. The molecule has 1 aromatic heterocycles. The second kappa shape index (κ2) is 11.0. The van der Waals surface area contributed by atoms with Crippen LogP contribution in [0.5, 0.6) is 17.2 Å². The van der Waals surface area contributed by atoms with Gasteiger partial charge in [0.15, 0.2) is 11.5 Å². The van der Waals surface area contributed by atoms with Gasteiger partial charge in [0.25, 0.3) is 5.91 Å². The highest BCUT2D eigenvalue weighted by atomic mass is 16.5. The Morgan fingerprint density at radius 3 is 2.23 bits per heavy atom. The number of benzene rings is 3. The molecule has 3 aromatic carbocycles. The number of aromatic nitrogens is 1. The van der Waals surface area contributed by atoms with Crippen molar-refractivity contribution in [2.24, 2.45) is 0 Å². The monoisotopic (exact) mass is 472 g/mol. The van der Waals surface area contributed by atoms with Crippen molar-refractivity contribution in [1.29, 1.82) is 0 Å². The normalized spacial score (nSPS) is 11.8. The third-order valence-corrected chi connectivity index (χ3v) is 6.22. The first kappa shape index (κ1) is 24.2. The zero-order valence-corrected chi connectivity index (χ0v) is 20.7. The van der Waals surface area contributed by atoms with E-state index in [-0.39, 0.29) is 11.9 Å². The first-order valence-electron chi connectivity index (χ1n) is 11.8. The molecule has 0 unspecified atom stereocenters. The van der Waals surface area contributed by atoms with Crippen LogP contribution < -0.4 is 19.5 Å². The lowest BCUT2D eigenvalue weighted by molar-refractivity contribution is 0.0937. The summed E-state index contributed by atoms with van der Waals surface area (Å²) in [6.45, 7) is 2.85. The van der Waals surface area contributed by atoms with Gasteiger partial charge in [0.05, 0.1) is 21.3 Å². The maximum Gasteiger partial charge on any atom is 0.251 e. The van der Waals surface area contributed by atoms with E-state index >= 15 is 0 Å². The minimum Gasteiger partial charge on any atom is -0.493 e. The molecule has 0 radical (unpaired) electrons. The van der Waals surface area contributed by atoms with Gasteiger partial charge < -0.3 is 24.1 Å². The van der Waals surface area contributed by atoms with Crippen LogP contribution in [0.25, 0.3) is 10.9 Å². The average molecular weight is 473 g/mol. The molecule has 1 amide bonds. The molecule has 1 atom stereocenters. The van der Waals surface area contributed by atoms with Crippen molar-refractivity contribution in [3.63, 3.8) is 0 Å². The largest absolute Gasteiger partial charge is 0.493 e. The van der Waals surface area contributed by atoms with Crippen molar-refractivity contribution in [3.05, 3.63) is 89.6 Å². The molecule has 1 heterocycles. The number of aryl methyl sites for hydroxylation is 1. The fourth-order valence-corrected chi connectivity index (χ4v) is 4.40. The van der Waals surface area contributed by atoms with Crippen LogP contribution in [0.1, 0.15) is 34.8 Å². The fraction of sp³-hybridized carbons (Fsp3) is 0.276. The van der Waals surface area contributed by atoms with Crippen LogP contribution in [0, 0.1) is 0 Å². The third kappa shape index (κ3) is 5.43. The Bertz CT molecular complexity index is 1270. The Hall–Kier alpha value is -3.93. The number of ether oxygens (including phenoxy) is 3. The summed E-state index contributed by atoms with van der Waals surface area (Å²) in [6, 6.07) is 22.3. The smallest absolute Gasteiger partial charge is 0.251 e. The molecule has 6 heteroatoms. The van der Waals surface area contributed by atoms with Gasteiger partial charge in [-0.2, -0.15) is 0 Å². The molecule has 0 saturated carbocycles. The number of nitrogens with one attached hydrogen (secondary N) is 1. The van der Waals surface area contributed by atoms with E-state index in [0.717, 1.165) is 19.4 Å². The van der Waals surface area contributed by atoms with Crippen LogP contribution in [-0.4, -0.2) is 37.8 Å². The summed E-state index contributed by atoms with van der Waals surface area (Å²) in [5, 5.41) is 4.36. The number of hydrogen-bond acceptors (Lipinski definition) is 4. The maximum absolute atomic E-state index is 13.0. The van der Waals surface area contributed by atoms with Crippen LogP contribution in [0.4, 0.5) is 0 Å². The molecule has 35 heavy (non-hydrogen) atoms. The Balaban J connectivity index is 1.46. The van der Waals surface area contributed by atoms with Gasteiger partial charge in [-0.25, -0.2) is 0 Å². The van der Waals surface area contributed by atoms with E-state index < -0.39 is 0 Å². The van der Waals surface area contributed by atoms with Gasteiger partial charge in [-0.05, 0) is 49.1 Å². The second-order valence-electron chi connectivity index (χ2n) is 8.61. The molecule has 1 N–H and O–H groups in total. The summed E-state index contributed by atoms with van der Waals surface area (Å²) in [4.78, 5) is 13.0. The molecule has 182 valence electrons. The summed E-state index contributed by atoms with van der Waals surface area (Å²) in [6.07, 6.45) is 3.92. The highest BCUT2D eigenvalue weighted by Gasteiger charge is 2.18. The number of hydrogen-bond donors (Lipinski definition) is 1. The van der Waals surface area contributed by atoms with Gasteiger partial charge in [0, 0.05) is 35.2 Å². The van der Waals surface area contributed by atoms with Gasteiger partial charge in [0.1, 0.15) is 0 Å². The lowest BCUT2D eigenvalue weighted by Gasteiger charge is -2.16. The van der Waals surface area contributed by atoms with Crippen LogP contribution in [-0.2, 0) is 13.0 Å². The van der Waals surface area contributed by atoms with E-state index in [1.165, 1.54) is 36.2 Å². The molecule has 0 spiro atoms. The zero-order chi connectivity index (χ0) is 24.8. The van der Waals surface area contributed by atoms with Gasteiger partial charge in [-0.15, -0.1) is 0 Å². The van der Waals surface area contributed by atoms with E-state index in [0.29, 0.717) is 22.8 Å². The summed E-state index contributed by atoms with van der Waals surface area (Å²) < 4.78 is 18.4. The van der Waals surface area contributed by atoms with Crippen molar-refractivity contribution in [3.8, 4) is 17.2 Å². The van der Waals surface area contributed by atoms with Crippen molar-refractivity contribution >= 4 is 16.8 Å². The SMILES string of the molecule is COc1cc(C(=O)N[C@@H](C)CCc2cn(Cc3ccccc3)c3ccccc23)cc(OC)c1OC. The third-order valence-electron chi connectivity index (χ3n) is 6.22. The summed E-state index contributed by atoms with van der Waals surface area (Å²) in [7, 11) is 4.62. The Labute approximate surface area is 206 Å². The molecule has 0 saturated heterocycles. The molecule has 0 aliphatic rings. The maximum atomic E-state index is 13.0. The predicted octanol–water partition coefficient (Wildman–Crippen LogP) is 5.47. The van der Waals surface area contributed by atoms with Crippen molar-refractivity contribution in [2.45, 2.75) is 32.4 Å². The average Bonchev–Trinajstić information content (AvgIpc) is 3.24. The standard InChI is InChI=1S/C29H32N2O4/c1-20(30-29(32)23-16-26(33-2)28(35-4)27(17-23)34-3)14-15-22-19-31(18-21-10-6-5-7-11-21)25-13-9-8-12-24(22)25/h5-13,16-17,19-20H,14-15,18H2,1-4H3,(H,30,32)/t20-/m0/s1. The first-order chi connectivity index (χ1) is 17.0. The van der Waals surface area contributed by atoms with E-state index in [4.69, 9.17) is 14.2 Å². The molecule has 0 bridgehead atoms. The first-order valence-corrected chi connectivity index (χ1v) is 11.8. The van der Waals surface area contributed by atoms with E-state index in [1.807, 2.05) is 13.0 Å². The summed E-state index contributed by atoms with van der Waals surface area (Å²) >= 11 is 0. The summed E-state index contributed by atoms with van der Waals surface area (Å²) in [5.41, 5.74) is 4.24. The minimum absolute atomic E-state index is 0.0159. The molecular formula is C29H32N2O4. The van der Waals surface area contributed by atoms with Crippen molar-refractivity contribution < 1.29 is 19.0 Å². The second-order valence-corrected chi connectivity index (χ2v) is 8.61.